The van der Waals surface area contributed by atoms with E-state index in [-0.39, 0.29) is 17.9 Å². The van der Waals surface area contributed by atoms with E-state index in [1.807, 2.05) is 38.1 Å². The van der Waals surface area contributed by atoms with E-state index in [1.54, 1.807) is 0 Å². The van der Waals surface area contributed by atoms with Crippen LogP contribution in [-0.4, -0.2) is 16.0 Å². The molecule has 0 atom stereocenters. The summed E-state index contributed by atoms with van der Waals surface area (Å²) < 4.78 is 10.9. The van der Waals surface area contributed by atoms with Gasteiger partial charge in [-0.15, -0.1) is 0 Å². The Morgan fingerprint density at radius 1 is 1.38 bits per heavy atom. The van der Waals surface area contributed by atoms with Crippen molar-refractivity contribution in [2.24, 2.45) is 5.41 Å². The van der Waals surface area contributed by atoms with Crippen LogP contribution in [0.1, 0.15) is 36.9 Å². The standard InChI is InChI=1S/C19H20ClN3O3/c1-11-5-14(26-23-11)10-25-17-8-16-12(7-15(17)20)6-13(22-16)9-21-18(24)19(2)3-4-19/h5-8,22H,3-4,9-10H2,1-2H3,(H,21,24). The number of nitrogens with zero attached hydrogens (tertiary/aromatic N) is 1. The lowest BCUT2D eigenvalue weighted by Crippen LogP contribution is -2.29. The fraction of sp³-hybridized carbons (Fsp3) is 0.368. The van der Waals surface area contributed by atoms with Crippen LogP contribution in [-0.2, 0) is 17.9 Å². The molecule has 7 heteroatoms. The lowest BCUT2D eigenvalue weighted by molar-refractivity contribution is -0.125. The summed E-state index contributed by atoms with van der Waals surface area (Å²) >= 11 is 6.32. The van der Waals surface area contributed by atoms with Gasteiger partial charge in [0, 0.05) is 34.1 Å². The Kier molecular flexibility index (Phi) is 4.15. The molecule has 6 nitrogen and oxygen atoms in total. The number of halogens is 1. The number of nitrogens with one attached hydrogen (secondary N) is 2. The molecule has 0 radical (unpaired) electrons. The van der Waals surface area contributed by atoms with E-state index < -0.39 is 0 Å². The molecule has 1 saturated carbocycles. The highest BCUT2D eigenvalue weighted by Gasteiger charge is 2.44. The number of H-pyrrole nitrogens is 1. The normalized spacial score (nSPS) is 15.2. The van der Waals surface area contributed by atoms with E-state index in [1.165, 1.54) is 0 Å². The predicted molar refractivity (Wildman–Crippen MR) is 98.1 cm³/mol. The Morgan fingerprint density at radius 3 is 2.88 bits per heavy atom. The van der Waals surface area contributed by atoms with Crippen molar-refractivity contribution in [3.63, 3.8) is 0 Å². The molecule has 1 aliphatic carbocycles. The van der Waals surface area contributed by atoms with Crippen molar-refractivity contribution in [2.75, 3.05) is 0 Å². The molecule has 1 fully saturated rings. The number of benzene rings is 1. The molecule has 136 valence electrons. The molecule has 1 aliphatic rings. The molecule has 2 aromatic heterocycles. The molecule has 2 N–H and O–H groups in total. The number of amides is 1. The summed E-state index contributed by atoms with van der Waals surface area (Å²) in [6, 6.07) is 7.51. The molecule has 1 aromatic carbocycles. The van der Waals surface area contributed by atoms with E-state index in [0.29, 0.717) is 23.1 Å². The number of carbonyl (C=O) groups excluding carboxylic acids is 1. The molecular weight excluding hydrogens is 354 g/mol. The molecule has 4 rings (SSSR count). The molecule has 0 aliphatic heterocycles. The Morgan fingerprint density at radius 2 is 2.19 bits per heavy atom. The largest absolute Gasteiger partial charge is 0.484 e. The lowest BCUT2D eigenvalue weighted by Gasteiger charge is -2.08. The summed E-state index contributed by atoms with van der Waals surface area (Å²) in [5.41, 5.74) is 2.47. The first-order chi connectivity index (χ1) is 12.4. The second-order valence-electron chi connectivity index (χ2n) is 7.13. The van der Waals surface area contributed by atoms with Gasteiger partial charge in [-0.2, -0.15) is 0 Å². The van der Waals surface area contributed by atoms with Crippen LogP contribution in [0.5, 0.6) is 5.75 Å². The van der Waals surface area contributed by atoms with Crippen LogP contribution >= 0.6 is 11.6 Å². The number of rotatable bonds is 6. The van der Waals surface area contributed by atoms with Crippen LogP contribution in [0.2, 0.25) is 5.02 Å². The maximum absolute atomic E-state index is 12.1. The third-order valence-electron chi connectivity index (χ3n) is 4.76. The van der Waals surface area contributed by atoms with Gasteiger partial charge in [0.25, 0.3) is 0 Å². The van der Waals surface area contributed by atoms with Gasteiger partial charge >= 0.3 is 0 Å². The van der Waals surface area contributed by atoms with E-state index >= 15 is 0 Å². The van der Waals surface area contributed by atoms with Gasteiger partial charge in [0.15, 0.2) is 5.76 Å². The minimum atomic E-state index is -0.171. The van der Waals surface area contributed by atoms with Crippen LogP contribution in [0.3, 0.4) is 0 Å². The highest BCUT2D eigenvalue weighted by molar-refractivity contribution is 6.32. The van der Waals surface area contributed by atoms with Crippen molar-refractivity contribution in [1.29, 1.82) is 0 Å². The average Bonchev–Trinajstić information content (AvgIpc) is 3.04. The molecule has 0 bridgehead atoms. The fourth-order valence-corrected chi connectivity index (χ4v) is 3.06. The number of carbonyl (C=O) groups is 1. The Balaban J connectivity index is 1.46. The van der Waals surface area contributed by atoms with Gasteiger partial charge in [0.1, 0.15) is 12.4 Å². The monoisotopic (exact) mass is 373 g/mol. The van der Waals surface area contributed by atoms with E-state index in [4.69, 9.17) is 20.9 Å². The van der Waals surface area contributed by atoms with Crippen LogP contribution in [0, 0.1) is 12.3 Å². The molecule has 0 spiro atoms. The van der Waals surface area contributed by atoms with Crippen molar-refractivity contribution >= 4 is 28.4 Å². The number of hydrogen-bond donors (Lipinski definition) is 2. The maximum atomic E-state index is 12.1. The highest BCUT2D eigenvalue weighted by Crippen LogP contribution is 2.45. The smallest absolute Gasteiger partial charge is 0.226 e. The van der Waals surface area contributed by atoms with Crippen molar-refractivity contribution in [3.8, 4) is 5.75 Å². The van der Waals surface area contributed by atoms with Crippen molar-refractivity contribution in [2.45, 2.75) is 39.8 Å². The van der Waals surface area contributed by atoms with Crippen LogP contribution in [0.25, 0.3) is 10.9 Å². The Hall–Kier alpha value is -2.47. The quantitative estimate of drug-likeness (QED) is 0.681. The number of aromatic amines is 1. The van der Waals surface area contributed by atoms with Crippen LogP contribution in [0.15, 0.2) is 28.8 Å². The molecular formula is C19H20ClN3O3. The minimum Gasteiger partial charge on any atom is -0.484 e. The average molecular weight is 374 g/mol. The second kappa shape index (κ2) is 6.36. The summed E-state index contributed by atoms with van der Waals surface area (Å²) in [6.45, 7) is 4.57. The zero-order chi connectivity index (χ0) is 18.3. The molecule has 3 aromatic rings. The summed E-state index contributed by atoms with van der Waals surface area (Å²) in [7, 11) is 0. The lowest BCUT2D eigenvalue weighted by atomic mass is 10.1. The van der Waals surface area contributed by atoms with Crippen molar-refractivity contribution in [3.05, 3.63) is 46.4 Å². The first-order valence-electron chi connectivity index (χ1n) is 8.57. The zero-order valence-corrected chi connectivity index (χ0v) is 15.4. The first kappa shape index (κ1) is 17.0. The van der Waals surface area contributed by atoms with Crippen molar-refractivity contribution in [1.82, 2.24) is 15.5 Å². The van der Waals surface area contributed by atoms with Gasteiger partial charge in [0.2, 0.25) is 5.91 Å². The number of fused-ring (bicyclic) bond motifs is 1. The predicted octanol–water partition coefficient (Wildman–Crippen LogP) is 4.11. The summed E-state index contributed by atoms with van der Waals surface area (Å²) in [4.78, 5) is 15.4. The van der Waals surface area contributed by atoms with Gasteiger partial charge in [-0.1, -0.05) is 23.7 Å². The molecule has 1 amide bonds. The SMILES string of the molecule is Cc1cc(COc2cc3[nH]c(CNC(=O)C4(C)CC4)cc3cc2Cl)on1. The van der Waals surface area contributed by atoms with Crippen molar-refractivity contribution < 1.29 is 14.1 Å². The third kappa shape index (κ3) is 3.42. The number of ether oxygens (including phenoxy) is 1. The topological polar surface area (TPSA) is 80.1 Å². The van der Waals surface area contributed by atoms with Gasteiger partial charge in [0.05, 0.1) is 17.3 Å². The molecule has 0 saturated heterocycles. The minimum absolute atomic E-state index is 0.112. The van der Waals surface area contributed by atoms with Crippen LogP contribution < -0.4 is 10.1 Å². The zero-order valence-electron chi connectivity index (χ0n) is 14.7. The van der Waals surface area contributed by atoms with E-state index in [2.05, 4.69) is 15.5 Å². The van der Waals surface area contributed by atoms with Gasteiger partial charge in [-0.25, -0.2) is 0 Å². The highest BCUT2D eigenvalue weighted by atomic mass is 35.5. The number of aromatic nitrogens is 2. The Bertz CT molecular complexity index is 972. The third-order valence-corrected chi connectivity index (χ3v) is 5.06. The molecule has 0 unspecified atom stereocenters. The van der Waals surface area contributed by atoms with E-state index in [0.717, 1.165) is 35.1 Å². The fourth-order valence-electron chi connectivity index (χ4n) is 2.84. The summed E-state index contributed by atoms with van der Waals surface area (Å²) in [6.07, 6.45) is 1.93. The maximum Gasteiger partial charge on any atom is 0.226 e. The Labute approximate surface area is 155 Å². The summed E-state index contributed by atoms with van der Waals surface area (Å²) in [5.74, 6) is 1.32. The van der Waals surface area contributed by atoms with Gasteiger partial charge < -0.3 is 19.6 Å². The second-order valence-corrected chi connectivity index (χ2v) is 7.54. The number of hydrogen-bond acceptors (Lipinski definition) is 4. The number of aryl methyl sites for hydroxylation is 1. The summed E-state index contributed by atoms with van der Waals surface area (Å²) in [5, 5.41) is 8.31. The van der Waals surface area contributed by atoms with E-state index in [9.17, 15) is 4.79 Å². The molecule has 2 heterocycles. The van der Waals surface area contributed by atoms with Crippen LogP contribution in [0.4, 0.5) is 0 Å². The molecule has 26 heavy (non-hydrogen) atoms. The van der Waals surface area contributed by atoms with Gasteiger partial charge in [-0.3, -0.25) is 4.79 Å². The first-order valence-corrected chi connectivity index (χ1v) is 8.95. The van der Waals surface area contributed by atoms with Gasteiger partial charge in [-0.05, 0) is 31.9 Å².